The van der Waals surface area contributed by atoms with Crippen molar-refractivity contribution in [2.45, 2.75) is 19.9 Å². The van der Waals surface area contributed by atoms with E-state index in [0.29, 0.717) is 11.6 Å². The van der Waals surface area contributed by atoms with Crippen molar-refractivity contribution in [3.8, 4) is 0 Å². The van der Waals surface area contributed by atoms with Crippen LogP contribution in [0.2, 0.25) is 0 Å². The zero-order chi connectivity index (χ0) is 13.8. The Bertz CT molecular complexity index is 555. The third-order valence-electron chi connectivity index (χ3n) is 2.72. The van der Waals surface area contributed by atoms with Crippen molar-refractivity contribution in [1.29, 1.82) is 0 Å². The highest BCUT2D eigenvalue weighted by atomic mass is 79.9. The van der Waals surface area contributed by atoms with Crippen molar-refractivity contribution in [2.75, 3.05) is 10.7 Å². The Morgan fingerprint density at radius 1 is 1.16 bits per heavy atom. The van der Waals surface area contributed by atoms with Gasteiger partial charge >= 0.3 is 0 Å². The van der Waals surface area contributed by atoms with E-state index in [-0.39, 0.29) is 6.04 Å². The Labute approximate surface area is 120 Å². The molecule has 1 atom stereocenters. The van der Waals surface area contributed by atoms with Gasteiger partial charge in [0.2, 0.25) is 0 Å². The molecule has 0 aliphatic heterocycles. The van der Waals surface area contributed by atoms with Crippen LogP contribution >= 0.6 is 15.9 Å². The molecule has 2 rings (SSSR count). The van der Waals surface area contributed by atoms with E-state index in [1.54, 1.807) is 6.07 Å². The zero-order valence-corrected chi connectivity index (χ0v) is 12.4. The number of rotatable bonds is 4. The molecule has 0 fully saturated rings. The molecule has 0 saturated heterocycles. The molecule has 0 aliphatic rings. The van der Waals surface area contributed by atoms with Crippen LogP contribution < -0.4 is 16.6 Å². The van der Waals surface area contributed by atoms with Gasteiger partial charge in [0.25, 0.3) is 0 Å². The minimum Gasteiger partial charge on any atom is -0.363 e. The lowest BCUT2D eigenvalue weighted by Gasteiger charge is -2.16. The highest BCUT2D eigenvalue weighted by molar-refractivity contribution is 9.10. The Kier molecular flexibility index (Phi) is 4.34. The van der Waals surface area contributed by atoms with Gasteiger partial charge in [-0.1, -0.05) is 28.1 Å². The first kappa shape index (κ1) is 13.8. The molecule has 0 amide bonds. The highest BCUT2D eigenvalue weighted by Gasteiger charge is 2.07. The monoisotopic (exact) mass is 321 g/mol. The van der Waals surface area contributed by atoms with E-state index in [0.717, 1.165) is 10.3 Å². The van der Waals surface area contributed by atoms with Gasteiger partial charge < -0.3 is 10.7 Å². The molecular formula is C13H16BrN5. The summed E-state index contributed by atoms with van der Waals surface area (Å²) < 4.78 is 1.07. The van der Waals surface area contributed by atoms with E-state index in [1.807, 2.05) is 19.1 Å². The van der Waals surface area contributed by atoms with Gasteiger partial charge in [-0.15, -0.1) is 0 Å². The minimum absolute atomic E-state index is 0.146. The smallest absolute Gasteiger partial charge is 0.145 e. The second kappa shape index (κ2) is 5.99. The molecule has 1 aromatic carbocycles. The lowest BCUT2D eigenvalue weighted by molar-refractivity contribution is 0.867. The van der Waals surface area contributed by atoms with Gasteiger partial charge in [0.15, 0.2) is 0 Å². The number of hydrogen-bond donors (Lipinski definition) is 3. The first-order valence-corrected chi connectivity index (χ1v) is 6.72. The van der Waals surface area contributed by atoms with Crippen molar-refractivity contribution in [1.82, 2.24) is 9.97 Å². The largest absolute Gasteiger partial charge is 0.363 e. The fourth-order valence-electron chi connectivity index (χ4n) is 1.77. The second-order valence-electron chi connectivity index (χ2n) is 4.25. The van der Waals surface area contributed by atoms with Crippen molar-refractivity contribution in [3.63, 3.8) is 0 Å². The van der Waals surface area contributed by atoms with Crippen molar-refractivity contribution in [3.05, 3.63) is 46.2 Å². The molecule has 19 heavy (non-hydrogen) atoms. The SMILES string of the molecule is Cc1nc(NN)cc(NC(C)c2ccc(Br)cc2)n1. The average molecular weight is 322 g/mol. The quantitative estimate of drug-likeness (QED) is 0.596. The molecule has 5 nitrogen and oxygen atoms in total. The van der Waals surface area contributed by atoms with Crippen LogP contribution in [0.25, 0.3) is 0 Å². The van der Waals surface area contributed by atoms with Gasteiger partial charge in [-0.25, -0.2) is 15.8 Å². The number of hydrazine groups is 1. The average Bonchev–Trinajstić information content (AvgIpc) is 2.38. The third kappa shape index (κ3) is 3.65. The Morgan fingerprint density at radius 2 is 1.79 bits per heavy atom. The molecular weight excluding hydrogens is 306 g/mol. The highest BCUT2D eigenvalue weighted by Crippen LogP contribution is 2.21. The molecule has 0 spiro atoms. The maximum absolute atomic E-state index is 5.37. The number of nitrogens with two attached hydrogens (primary N) is 1. The van der Waals surface area contributed by atoms with Crippen LogP contribution in [0, 0.1) is 6.92 Å². The molecule has 6 heteroatoms. The van der Waals surface area contributed by atoms with Gasteiger partial charge in [0, 0.05) is 16.6 Å². The summed E-state index contributed by atoms with van der Waals surface area (Å²) in [7, 11) is 0. The Morgan fingerprint density at radius 3 is 2.42 bits per heavy atom. The number of aromatic nitrogens is 2. The van der Waals surface area contributed by atoms with Crippen LogP contribution in [0.4, 0.5) is 11.6 Å². The zero-order valence-electron chi connectivity index (χ0n) is 10.8. The normalized spacial score (nSPS) is 12.0. The van der Waals surface area contributed by atoms with Gasteiger partial charge in [0.1, 0.15) is 17.5 Å². The van der Waals surface area contributed by atoms with Crippen molar-refractivity contribution in [2.24, 2.45) is 5.84 Å². The van der Waals surface area contributed by atoms with Gasteiger partial charge in [-0.3, -0.25) is 0 Å². The fraction of sp³-hybridized carbons (Fsp3) is 0.231. The summed E-state index contributed by atoms with van der Waals surface area (Å²) in [6.45, 7) is 3.91. The van der Waals surface area contributed by atoms with E-state index >= 15 is 0 Å². The number of nitrogens with one attached hydrogen (secondary N) is 2. The summed E-state index contributed by atoms with van der Waals surface area (Å²) in [5, 5.41) is 3.33. The molecule has 100 valence electrons. The number of aryl methyl sites for hydroxylation is 1. The summed E-state index contributed by atoms with van der Waals surface area (Å²) in [4.78, 5) is 8.49. The maximum atomic E-state index is 5.37. The number of nitrogen functional groups attached to an aromatic ring is 1. The number of hydrogen-bond acceptors (Lipinski definition) is 5. The van der Waals surface area contributed by atoms with E-state index in [2.05, 4.69) is 55.7 Å². The molecule has 4 N–H and O–H groups in total. The molecule has 1 heterocycles. The van der Waals surface area contributed by atoms with Crippen molar-refractivity contribution < 1.29 is 0 Å². The predicted molar refractivity (Wildman–Crippen MR) is 80.8 cm³/mol. The number of halogens is 1. The Hall–Kier alpha value is -1.66. The van der Waals surface area contributed by atoms with Gasteiger partial charge in [0.05, 0.1) is 0 Å². The lowest BCUT2D eigenvalue weighted by atomic mass is 10.1. The maximum Gasteiger partial charge on any atom is 0.145 e. The van der Waals surface area contributed by atoms with E-state index < -0.39 is 0 Å². The van der Waals surface area contributed by atoms with Crippen molar-refractivity contribution >= 4 is 27.6 Å². The number of anilines is 2. The summed E-state index contributed by atoms with van der Waals surface area (Å²) in [6.07, 6.45) is 0. The van der Waals surface area contributed by atoms with E-state index in [1.165, 1.54) is 5.56 Å². The van der Waals surface area contributed by atoms with E-state index in [4.69, 9.17) is 5.84 Å². The van der Waals surface area contributed by atoms with Crippen LogP contribution in [-0.2, 0) is 0 Å². The van der Waals surface area contributed by atoms with Crippen LogP contribution in [0.5, 0.6) is 0 Å². The fourth-order valence-corrected chi connectivity index (χ4v) is 2.04. The summed E-state index contributed by atoms with van der Waals surface area (Å²) >= 11 is 3.43. The Balaban J connectivity index is 2.16. The first-order valence-electron chi connectivity index (χ1n) is 5.93. The van der Waals surface area contributed by atoms with Crippen LogP contribution in [0.1, 0.15) is 24.4 Å². The molecule has 0 radical (unpaired) electrons. The topological polar surface area (TPSA) is 75.9 Å². The molecule has 0 saturated carbocycles. The third-order valence-corrected chi connectivity index (χ3v) is 3.25. The second-order valence-corrected chi connectivity index (χ2v) is 5.16. The predicted octanol–water partition coefficient (Wildman–Crippen LogP) is 3.01. The molecule has 0 aliphatic carbocycles. The molecule has 1 aromatic heterocycles. The van der Waals surface area contributed by atoms with Crippen LogP contribution in [0.15, 0.2) is 34.8 Å². The van der Waals surface area contributed by atoms with Crippen LogP contribution in [-0.4, -0.2) is 9.97 Å². The van der Waals surface area contributed by atoms with E-state index in [9.17, 15) is 0 Å². The summed E-state index contributed by atoms with van der Waals surface area (Å²) in [6, 6.07) is 10.1. The minimum atomic E-state index is 0.146. The van der Waals surface area contributed by atoms with Crippen LogP contribution in [0.3, 0.4) is 0 Å². The summed E-state index contributed by atoms with van der Waals surface area (Å²) in [5.74, 6) is 7.38. The standard InChI is InChI=1S/C13H16BrN5/c1-8(10-3-5-11(14)6-4-10)16-12-7-13(19-15)18-9(2)17-12/h3-8H,15H2,1-2H3,(H2,16,17,18,19). The number of benzene rings is 1. The number of nitrogens with zero attached hydrogens (tertiary/aromatic N) is 2. The molecule has 0 bridgehead atoms. The van der Waals surface area contributed by atoms with Gasteiger partial charge in [-0.2, -0.15) is 0 Å². The summed E-state index contributed by atoms with van der Waals surface area (Å²) in [5.41, 5.74) is 3.71. The first-order chi connectivity index (χ1) is 9.08. The lowest BCUT2D eigenvalue weighted by Crippen LogP contribution is -2.13. The molecule has 1 unspecified atom stereocenters. The molecule has 2 aromatic rings. The van der Waals surface area contributed by atoms with Gasteiger partial charge in [-0.05, 0) is 31.5 Å².